The Hall–Kier alpha value is -1.02. The molecular formula is C5F8O. The van der Waals surface area contributed by atoms with Crippen LogP contribution in [0.3, 0.4) is 0 Å². The molecule has 0 fully saturated rings. The van der Waals surface area contributed by atoms with Gasteiger partial charge in [0.2, 0.25) is 5.83 Å². The molecule has 0 amide bonds. The number of halogens is 8. The predicted octanol–water partition coefficient (Wildman–Crippen LogP) is 2.99. The smallest absolute Gasteiger partial charge is 0.418 e. The Morgan fingerprint density at radius 1 is 1.00 bits per heavy atom. The summed E-state index contributed by atoms with van der Waals surface area (Å²) in [5.74, 6) is -14.6. The summed E-state index contributed by atoms with van der Waals surface area (Å²) < 4.78 is 98.3. The van der Waals surface area contributed by atoms with Crippen molar-refractivity contribution in [1.82, 2.24) is 0 Å². The lowest BCUT2D eigenvalue weighted by atomic mass is 10.1. The maximum absolute atomic E-state index is 12.5. The molecule has 1 nitrogen and oxygen atoms in total. The highest BCUT2D eigenvalue weighted by atomic mass is 19.4. The van der Waals surface area contributed by atoms with E-state index in [1.54, 1.807) is 0 Å². The second-order valence-corrected chi connectivity index (χ2v) is 2.36. The van der Waals surface area contributed by atoms with Gasteiger partial charge in [-0.25, -0.2) is 0 Å². The summed E-state index contributed by atoms with van der Waals surface area (Å²) in [6.07, 6.45) is -6.25. The summed E-state index contributed by atoms with van der Waals surface area (Å²) in [5, 5.41) is 0. The molecule has 0 aliphatic carbocycles. The second kappa shape index (κ2) is 2.51. The maximum atomic E-state index is 12.5. The Kier molecular flexibility index (Phi) is 1.98. The monoisotopic (exact) mass is 228 g/mol. The Morgan fingerprint density at radius 2 is 1.43 bits per heavy atom. The number of ether oxygens (including phenoxy) is 1. The Bertz CT molecular complexity index is 291. The third-order valence-corrected chi connectivity index (χ3v) is 1.45. The molecule has 9 heteroatoms. The largest absolute Gasteiger partial charge is 0.467 e. The molecule has 0 N–H and O–H groups in total. The molecule has 82 valence electrons. The molecular weight excluding hydrogens is 228 g/mol. The van der Waals surface area contributed by atoms with E-state index in [-0.39, 0.29) is 0 Å². The molecule has 0 radical (unpaired) electrons. The van der Waals surface area contributed by atoms with E-state index in [2.05, 4.69) is 4.74 Å². The van der Waals surface area contributed by atoms with Gasteiger partial charge in [-0.2, -0.15) is 35.1 Å². The molecule has 0 aromatic heterocycles. The van der Waals surface area contributed by atoms with Crippen LogP contribution in [0, 0.1) is 0 Å². The van der Waals surface area contributed by atoms with Gasteiger partial charge < -0.3 is 4.74 Å². The Morgan fingerprint density at radius 3 is 1.57 bits per heavy atom. The normalized spacial score (nSPS) is 32.0. The molecule has 1 aliphatic heterocycles. The first-order valence-electron chi connectivity index (χ1n) is 2.92. The average molecular weight is 228 g/mol. The first kappa shape index (κ1) is 11.1. The molecule has 1 unspecified atom stereocenters. The fourth-order valence-electron chi connectivity index (χ4n) is 0.733. The number of alkyl halides is 6. The highest BCUT2D eigenvalue weighted by Gasteiger charge is 2.80. The van der Waals surface area contributed by atoms with Gasteiger partial charge in [-0.05, 0) is 0 Å². The van der Waals surface area contributed by atoms with Crippen molar-refractivity contribution in [3.05, 3.63) is 11.8 Å². The molecule has 1 atom stereocenters. The molecule has 14 heavy (non-hydrogen) atoms. The van der Waals surface area contributed by atoms with E-state index in [9.17, 15) is 35.1 Å². The molecule has 0 saturated heterocycles. The lowest BCUT2D eigenvalue weighted by Gasteiger charge is -2.26. The first-order valence-corrected chi connectivity index (χ1v) is 2.92. The topological polar surface area (TPSA) is 9.23 Å². The molecule has 0 aromatic rings. The molecule has 0 aromatic carbocycles. The molecule has 1 heterocycles. The molecule has 1 aliphatic rings. The van der Waals surface area contributed by atoms with Crippen molar-refractivity contribution in [2.75, 3.05) is 0 Å². The van der Waals surface area contributed by atoms with Crippen LogP contribution in [-0.4, -0.2) is 18.0 Å². The van der Waals surface area contributed by atoms with Crippen LogP contribution in [0.15, 0.2) is 11.8 Å². The van der Waals surface area contributed by atoms with Crippen LogP contribution < -0.4 is 0 Å². The van der Waals surface area contributed by atoms with E-state index >= 15 is 0 Å². The number of hydrogen-bond acceptors (Lipinski definition) is 1. The van der Waals surface area contributed by atoms with Gasteiger partial charge >= 0.3 is 24.0 Å². The van der Waals surface area contributed by atoms with Crippen LogP contribution >= 0.6 is 0 Å². The SMILES string of the molecule is FC1=C(F)C(F)(F)C(F)(C(F)(F)F)O1. The van der Waals surface area contributed by atoms with Crippen LogP contribution in [0.4, 0.5) is 35.1 Å². The summed E-state index contributed by atoms with van der Waals surface area (Å²) in [6, 6.07) is -2.91. The molecule has 0 saturated carbocycles. The highest BCUT2D eigenvalue weighted by Crippen LogP contribution is 2.56. The van der Waals surface area contributed by atoms with Crippen LogP contribution in [0.5, 0.6) is 0 Å². The lowest BCUT2D eigenvalue weighted by molar-refractivity contribution is -0.372. The van der Waals surface area contributed by atoms with Gasteiger partial charge in [0.15, 0.2) is 0 Å². The molecule has 0 bridgehead atoms. The molecule has 0 spiro atoms. The van der Waals surface area contributed by atoms with Crippen LogP contribution in [0.25, 0.3) is 0 Å². The number of rotatable bonds is 0. The van der Waals surface area contributed by atoms with E-state index < -0.39 is 29.8 Å². The van der Waals surface area contributed by atoms with Crippen molar-refractivity contribution in [1.29, 1.82) is 0 Å². The van der Waals surface area contributed by atoms with E-state index in [0.717, 1.165) is 0 Å². The van der Waals surface area contributed by atoms with Crippen LogP contribution in [-0.2, 0) is 4.74 Å². The minimum absolute atomic E-state index is 2.54. The van der Waals surface area contributed by atoms with Crippen molar-refractivity contribution >= 4 is 0 Å². The van der Waals surface area contributed by atoms with Gasteiger partial charge in [0.1, 0.15) is 0 Å². The molecule has 1 rings (SSSR count). The zero-order chi connectivity index (χ0) is 11.4. The third kappa shape index (κ3) is 1.07. The van der Waals surface area contributed by atoms with Crippen molar-refractivity contribution in [3.63, 3.8) is 0 Å². The van der Waals surface area contributed by atoms with Crippen molar-refractivity contribution < 1.29 is 39.9 Å². The zero-order valence-electron chi connectivity index (χ0n) is 5.93. The average Bonchev–Trinajstić information content (AvgIpc) is 2.12. The van der Waals surface area contributed by atoms with Gasteiger partial charge in [0.05, 0.1) is 0 Å². The third-order valence-electron chi connectivity index (χ3n) is 1.45. The minimum Gasteiger partial charge on any atom is -0.418 e. The first-order chi connectivity index (χ1) is 6.04. The van der Waals surface area contributed by atoms with Crippen molar-refractivity contribution in [3.8, 4) is 0 Å². The quantitative estimate of drug-likeness (QED) is 0.579. The van der Waals surface area contributed by atoms with Crippen molar-refractivity contribution in [2.24, 2.45) is 0 Å². The second-order valence-electron chi connectivity index (χ2n) is 2.36. The fraction of sp³-hybridized carbons (Fsp3) is 0.600. The van der Waals surface area contributed by atoms with Gasteiger partial charge in [-0.1, -0.05) is 0 Å². The summed E-state index contributed by atoms with van der Waals surface area (Å²) in [5.41, 5.74) is 0. The van der Waals surface area contributed by atoms with E-state index in [1.807, 2.05) is 0 Å². The fourth-order valence-corrected chi connectivity index (χ4v) is 0.733. The van der Waals surface area contributed by atoms with Gasteiger partial charge in [0, 0.05) is 0 Å². The lowest BCUT2D eigenvalue weighted by Crippen LogP contribution is -2.54. The summed E-state index contributed by atoms with van der Waals surface area (Å²) in [7, 11) is 0. The predicted molar refractivity (Wildman–Crippen MR) is 25.2 cm³/mol. The Balaban J connectivity index is 3.22. The zero-order valence-corrected chi connectivity index (χ0v) is 5.93. The highest BCUT2D eigenvalue weighted by molar-refractivity contribution is 5.20. The van der Waals surface area contributed by atoms with E-state index in [1.165, 1.54) is 0 Å². The standard InChI is InChI=1S/C5F8O/c6-1-2(7)14-4(10,3(1,8)9)5(11,12)13. The van der Waals surface area contributed by atoms with Gasteiger partial charge in [-0.3, -0.25) is 0 Å². The summed E-state index contributed by atoms with van der Waals surface area (Å²) in [4.78, 5) is 0. The summed E-state index contributed by atoms with van der Waals surface area (Å²) >= 11 is 0. The van der Waals surface area contributed by atoms with E-state index in [4.69, 9.17) is 0 Å². The van der Waals surface area contributed by atoms with Gasteiger partial charge in [-0.15, -0.1) is 0 Å². The Labute approximate surface area is 70.9 Å². The van der Waals surface area contributed by atoms with Crippen LogP contribution in [0.1, 0.15) is 0 Å². The number of hydrogen-bond donors (Lipinski definition) is 0. The van der Waals surface area contributed by atoms with E-state index in [0.29, 0.717) is 0 Å². The van der Waals surface area contributed by atoms with Gasteiger partial charge in [0.25, 0.3) is 0 Å². The van der Waals surface area contributed by atoms with Crippen LogP contribution in [0.2, 0.25) is 0 Å². The van der Waals surface area contributed by atoms with Crippen molar-refractivity contribution in [2.45, 2.75) is 18.0 Å². The maximum Gasteiger partial charge on any atom is 0.467 e. The summed E-state index contributed by atoms with van der Waals surface area (Å²) in [6.45, 7) is 0. The minimum atomic E-state index is -6.25.